The Morgan fingerprint density at radius 2 is 0.705 bits per heavy atom. The molecule has 0 N–H and O–H groups in total. The van der Waals surface area contributed by atoms with Gasteiger partial charge in [-0.05, 0) is 78.3 Å². The largest absolute Gasteiger partial charge is 0.462 e. The summed E-state index contributed by atoms with van der Waals surface area (Å²) in [4.78, 5) is 30.9. The van der Waals surface area contributed by atoms with E-state index in [1.54, 1.807) is 0 Å². The van der Waals surface area contributed by atoms with Crippen LogP contribution in [0.25, 0.3) is 0 Å². The lowest BCUT2D eigenvalue weighted by molar-refractivity contribution is -0.165. The fourth-order valence-corrected chi connectivity index (χ4v) is 9.35. The van der Waals surface area contributed by atoms with Crippen molar-refractivity contribution in [1.82, 2.24) is 9.80 Å². The van der Waals surface area contributed by atoms with Crippen LogP contribution >= 0.6 is 0 Å². The molecule has 0 radical (unpaired) electrons. The highest BCUT2D eigenvalue weighted by molar-refractivity contribution is 5.70. The molecule has 2 aliphatic rings. The maximum atomic E-state index is 12.8. The number of carbonyl (C=O) groups excluding carboxylic acids is 2. The molecular formula is C38H72N2O4. The molecule has 2 saturated heterocycles. The second kappa shape index (κ2) is 17.7. The molecule has 0 amide bonds. The molecule has 258 valence electrons. The molecule has 2 aliphatic heterocycles. The summed E-state index contributed by atoms with van der Waals surface area (Å²) >= 11 is 0. The smallest absolute Gasteiger partial charge is 0.306 e. The van der Waals surface area contributed by atoms with Crippen LogP contribution in [-0.4, -0.2) is 70.2 Å². The predicted molar refractivity (Wildman–Crippen MR) is 184 cm³/mol. The fourth-order valence-electron chi connectivity index (χ4n) is 9.35. The van der Waals surface area contributed by atoms with Gasteiger partial charge in [-0.1, -0.05) is 81.1 Å². The minimum atomic E-state index is -0.0243. The van der Waals surface area contributed by atoms with Crippen LogP contribution in [0.5, 0.6) is 0 Å². The average molecular weight is 621 g/mol. The molecule has 0 aromatic rings. The molecule has 2 rings (SSSR count). The number of unbranched alkanes of at least 4 members (excludes halogenated alkanes) is 5. The molecule has 0 atom stereocenters. The molecule has 2 heterocycles. The van der Waals surface area contributed by atoms with Gasteiger partial charge in [0.15, 0.2) is 0 Å². The third-order valence-corrected chi connectivity index (χ3v) is 13.1. The van der Waals surface area contributed by atoms with E-state index in [4.69, 9.17) is 9.47 Å². The summed E-state index contributed by atoms with van der Waals surface area (Å²) in [6, 6.07) is 0. The lowest BCUT2D eigenvalue weighted by atomic mass is 9.70. The summed E-state index contributed by atoms with van der Waals surface area (Å²) in [6.07, 6.45) is 19.6. The average Bonchev–Trinajstić information content (AvgIpc) is 3.04. The highest BCUT2D eigenvalue weighted by atomic mass is 16.5. The van der Waals surface area contributed by atoms with E-state index in [1.165, 1.54) is 0 Å². The van der Waals surface area contributed by atoms with Gasteiger partial charge in [-0.2, -0.15) is 0 Å². The molecule has 0 aromatic heterocycles. The van der Waals surface area contributed by atoms with E-state index in [0.717, 1.165) is 116 Å². The Kier molecular flexibility index (Phi) is 15.7. The van der Waals surface area contributed by atoms with E-state index in [-0.39, 0.29) is 46.3 Å². The minimum Gasteiger partial charge on any atom is -0.462 e. The zero-order valence-corrected chi connectivity index (χ0v) is 30.8. The monoisotopic (exact) mass is 621 g/mol. The standard InChI is InChI=1S/C38H72N2O4/c1-11-35(12-2)27-31(28-36(13-3,14-4)39(35)9)43-33(41)25-23-21-19-20-22-24-26-34(42)44-32-29-37(15-5,16-6)40(10)38(17-7,18-8)30-32/h31-32H,11-30H2,1-10H3. The minimum absolute atomic E-state index is 0.0218. The zero-order chi connectivity index (χ0) is 33.0. The van der Waals surface area contributed by atoms with Crippen molar-refractivity contribution in [1.29, 1.82) is 0 Å². The van der Waals surface area contributed by atoms with E-state index in [9.17, 15) is 9.59 Å². The summed E-state index contributed by atoms with van der Waals surface area (Å²) in [5.74, 6) is -0.0486. The van der Waals surface area contributed by atoms with Gasteiger partial charge in [0.25, 0.3) is 0 Å². The van der Waals surface area contributed by atoms with Crippen molar-refractivity contribution in [2.24, 2.45) is 0 Å². The lowest BCUT2D eigenvalue weighted by Gasteiger charge is -2.58. The first-order chi connectivity index (χ1) is 20.9. The van der Waals surface area contributed by atoms with Gasteiger partial charge >= 0.3 is 11.9 Å². The number of piperidine rings is 2. The Balaban J connectivity index is 1.70. The van der Waals surface area contributed by atoms with Crippen LogP contribution in [0.3, 0.4) is 0 Å². The quantitative estimate of drug-likeness (QED) is 0.106. The van der Waals surface area contributed by atoms with E-state index in [2.05, 4.69) is 79.3 Å². The van der Waals surface area contributed by atoms with Gasteiger partial charge in [0.2, 0.25) is 0 Å². The Morgan fingerprint density at radius 3 is 0.932 bits per heavy atom. The third kappa shape index (κ3) is 8.81. The van der Waals surface area contributed by atoms with Crippen LogP contribution < -0.4 is 0 Å². The maximum Gasteiger partial charge on any atom is 0.306 e. The van der Waals surface area contributed by atoms with Crippen LogP contribution in [0.1, 0.15) is 184 Å². The molecule has 0 saturated carbocycles. The maximum absolute atomic E-state index is 12.8. The van der Waals surface area contributed by atoms with Crippen LogP contribution in [0.4, 0.5) is 0 Å². The second-order valence-electron chi connectivity index (χ2n) is 14.5. The van der Waals surface area contributed by atoms with Gasteiger partial charge in [0.05, 0.1) is 0 Å². The zero-order valence-electron chi connectivity index (χ0n) is 30.8. The summed E-state index contributed by atoms with van der Waals surface area (Å²) in [7, 11) is 4.59. The van der Waals surface area contributed by atoms with Crippen LogP contribution in [0.2, 0.25) is 0 Å². The first-order valence-corrected chi connectivity index (χ1v) is 18.8. The first kappa shape index (κ1) is 39.0. The summed E-state index contributed by atoms with van der Waals surface area (Å²) in [5, 5.41) is 0. The van der Waals surface area contributed by atoms with Gasteiger partial charge in [0.1, 0.15) is 12.2 Å². The predicted octanol–water partition coefficient (Wildman–Crippen LogP) is 9.62. The number of nitrogens with zero attached hydrogens (tertiary/aromatic N) is 2. The molecular weight excluding hydrogens is 548 g/mol. The van der Waals surface area contributed by atoms with Crippen LogP contribution in [0.15, 0.2) is 0 Å². The molecule has 0 unspecified atom stereocenters. The van der Waals surface area contributed by atoms with Crippen LogP contribution in [0, 0.1) is 0 Å². The lowest BCUT2D eigenvalue weighted by Crippen LogP contribution is -2.64. The van der Waals surface area contributed by atoms with Crippen molar-refractivity contribution >= 4 is 11.9 Å². The van der Waals surface area contributed by atoms with Gasteiger partial charge in [-0.3, -0.25) is 19.4 Å². The van der Waals surface area contributed by atoms with Crippen molar-refractivity contribution in [3.63, 3.8) is 0 Å². The molecule has 0 spiro atoms. The number of hydrogen-bond acceptors (Lipinski definition) is 6. The van der Waals surface area contributed by atoms with E-state index >= 15 is 0 Å². The van der Waals surface area contributed by atoms with Crippen molar-refractivity contribution in [2.45, 2.75) is 218 Å². The molecule has 2 fully saturated rings. The highest BCUT2D eigenvalue weighted by Gasteiger charge is 2.51. The topological polar surface area (TPSA) is 59.1 Å². The summed E-state index contributed by atoms with van der Waals surface area (Å²) < 4.78 is 12.3. The Morgan fingerprint density at radius 1 is 0.477 bits per heavy atom. The number of carbonyl (C=O) groups is 2. The molecule has 44 heavy (non-hydrogen) atoms. The molecule has 6 heteroatoms. The Hall–Kier alpha value is -1.14. The van der Waals surface area contributed by atoms with Gasteiger partial charge < -0.3 is 9.47 Å². The highest BCUT2D eigenvalue weighted by Crippen LogP contribution is 2.47. The van der Waals surface area contributed by atoms with Crippen molar-refractivity contribution in [3.8, 4) is 0 Å². The van der Waals surface area contributed by atoms with Crippen molar-refractivity contribution in [3.05, 3.63) is 0 Å². The van der Waals surface area contributed by atoms with Gasteiger partial charge in [-0.25, -0.2) is 0 Å². The van der Waals surface area contributed by atoms with Crippen molar-refractivity contribution < 1.29 is 19.1 Å². The van der Waals surface area contributed by atoms with Gasteiger partial charge in [-0.15, -0.1) is 0 Å². The number of rotatable bonds is 19. The summed E-state index contributed by atoms with van der Waals surface area (Å²) in [6.45, 7) is 18.3. The third-order valence-electron chi connectivity index (χ3n) is 13.1. The SMILES string of the molecule is CCC1(CC)CC(OC(=O)CCCCCCCCC(=O)OC2CC(CC)(CC)N(C)C(CC)(CC)C2)CC(CC)(CC)N1C. The summed E-state index contributed by atoms with van der Waals surface area (Å²) in [5.41, 5.74) is 0.444. The normalized spacial score (nSPS) is 22.1. The second-order valence-corrected chi connectivity index (χ2v) is 14.5. The number of esters is 2. The molecule has 6 nitrogen and oxygen atoms in total. The Bertz CT molecular complexity index is 743. The molecule has 0 aliphatic carbocycles. The molecule has 0 bridgehead atoms. The number of likely N-dealkylation sites (tertiary alicyclic amines) is 2. The van der Waals surface area contributed by atoms with E-state index in [1.807, 2.05) is 0 Å². The Labute approximate surface area is 272 Å². The van der Waals surface area contributed by atoms with E-state index in [0.29, 0.717) is 12.8 Å². The van der Waals surface area contributed by atoms with Crippen LogP contribution in [-0.2, 0) is 19.1 Å². The molecule has 0 aromatic carbocycles. The van der Waals surface area contributed by atoms with E-state index < -0.39 is 0 Å². The van der Waals surface area contributed by atoms with Gasteiger partial charge in [0, 0.05) is 60.7 Å². The first-order valence-electron chi connectivity index (χ1n) is 18.8. The number of hydrogen-bond donors (Lipinski definition) is 0. The van der Waals surface area contributed by atoms with Crippen molar-refractivity contribution in [2.75, 3.05) is 14.1 Å². The fraction of sp³-hybridized carbons (Fsp3) is 0.947. The number of ether oxygens (including phenoxy) is 2.